The van der Waals surface area contributed by atoms with Crippen LogP contribution in [0.1, 0.15) is 31.2 Å². The molecule has 0 aliphatic heterocycles. The topological polar surface area (TPSA) is 79.5 Å². The van der Waals surface area contributed by atoms with Gasteiger partial charge in [-0.3, -0.25) is 0 Å². The number of nitrogens with one attached hydrogen (secondary N) is 1. The van der Waals surface area contributed by atoms with Crippen LogP contribution in [0.5, 0.6) is 0 Å². The Balaban J connectivity index is 2.88. The van der Waals surface area contributed by atoms with Crippen LogP contribution in [-0.4, -0.2) is 27.5 Å². The van der Waals surface area contributed by atoms with Gasteiger partial charge in [0.2, 0.25) is 0 Å². The molecule has 0 spiro atoms. The van der Waals surface area contributed by atoms with Gasteiger partial charge in [-0.15, -0.1) is 0 Å². The largest absolute Gasteiger partial charge is 0.425 e. The van der Waals surface area contributed by atoms with Gasteiger partial charge in [-0.05, 0) is 26.3 Å². The van der Waals surface area contributed by atoms with Crippen molar-refractivity contribution in [2.75, 3.05) is 6.54 Å². The fourth-order valence-corrected chi connectivity index (χ4v) is 1.33. The van der Waals surface area contributed by atoms with Crippen LogP contribution in [0, 0.1) is 13.8 Å². The van der Waals surface area contributed by atoms with Crippen molar-refractivity contribution in [3.05, 3.63) is 23.1 Å². The van der Waals surface area contributed by atoms with Crippen LogP contribution in [0.25, 0.3) is 0 Å². The lowest BCUT2D eigenvalue weighted by molar-refractivity contribution is 0.159. The first kappa shape index (κ1) is 13.2. The summed E-state index contributed by atoms with van der Waals surface area (Å²) in [6.45, 7) is 6.11. The zero-order valence-electron chi connectivity index (χ0n) is 10.4. The summed E-state index contributed by atoms with van der Waals surface area (Å²) in [5, 5.41) is 12.3. The monoisotopic (exact) mass is 238 g/mol. The standard InChI is InChI=1S/C11H18N4O2/c1-4-5-6-12-11(16)14-10-13-8(2)7-9(3)15(10)17/h7,17H,4-6H2,1-3H3,(H,12,16)/b14-10-. The molecular formula is C11H18N4O2. The van der Waals surface area contributed by atoms with Crippen LogP contribution in [0.2, 0.25) is 0 Å². The van der Waals surface area contributed by atoms with Crippen molar-refractivity contribution < 1.29 is 10.0 Å². The van der Waals surface area contributed by atoms with Crippen molar-refractivity contribution in [2.24, 2.45) is 4.99 Å². The number of aromatic nitrogens is 2. The van der Waals surface area contributed by atoms with Crippen molar-refractivity contribution in [1.82, 2.24) is 15.0 Å². The third-order valence-electron chi connectivity index (χ3n) is 2.23. The second-order valence-electron chi connectivity index (χ2n) is 3.85. The molecule has 0 saturated heterocycles. The van der Waals surface area contributed by atoms with Gasteiger partial charge in [0.25, 0.3) is 5.62 Å². The highest BCUT2D eigenvalue weighted by Crippen LogP contribution is 1.93. The molecule has 0 aliphatic rings. The Kier molecular flexibility index (Phi) is 4.68. The number of carbonyl (C=O) groups is 1. The summed E-state index contributed by atoms with van der Waals surface area (Å²) in [5.41, 5.74) is 1.28. The minimum absolute atomic E-state index is 0.00324. The summed E-state index contributed by atoms with van der Waals surface area (Å²) in [4.78, 5) is 19.1. The van der Waals surface area contributed by atoms with Gasteiger partial charge in [0.05, 0.1) is 5.69 Å². The molecule has 0 bridgehead atoms. The minimum Gasteiger partial charge on any atom is -0.425 e. The average molecular weight is 238 g/mol. The average Bonchev–Trinajstić information content (AvgIpc) is 2.25. The number of hydrogen-bond donors (Lipinski definition) is 2. The van der Waals surface area contributed by atoms with E-state index >= 15 is 0 Å². The van der Waals surface area contributed by atoms with E-state index in [0.717, 1.165) is 17.6 Å². The van der Waals surface area contributed by atoms with E-state index in [-0.39, 0.29) is 5.62 Å². The highest BCUT2D eigenvalue weighted by Gasteiger charge is 2.02. The summed E-state index contributed by atoms with van der Waals surface area (Å²) < 4.78 is 0.798. The van der Waals surface area contributed by atoms with E-state index in [1.54, 1.807) is 19.9 Å². The molecule has 17 heavy (non-hydrogen) atoms. The van der Waals surface area contributed by atoms with Gasteiger partial charge in [0, 0.05) is 12.2 Å². The molecule has 6 nitrogen and oxygen atoms in total. The van der Waals surface area contributed by atoms with Gasteiger partial charge >= 0.3 is 6.03 Å². The van der Waals surface area contributed by atoms with Crippen LogP contribution in [0.15, 0.2) is 11.1 Å². The lowest BCUT2D eigenvalue weighted by Crippen LogP contribution is -2.30. The summed E-state index contributed by atoms with van der Waals surface area (Å²) in [6, 6.07) is 1.22. The minimum atomic E-state index is -0.487. The van der Waals surface area contributed by atoms with Crippen molar-refractivity contribution in [3.8, 4) is 0 Å². The summed E-state index contributed by atoms with van der Waals surface area (Å²) >= 11 is 0. The number of urea groups is 1. The highest BCUT2D eigenvalue weighted by atomic mass is 16.5. The number of nitrogens with zero attached hydrogens (tertiary/aromatic N) is 3. The molecule has 1 aromatic heterocycles. The predicted molar refractivity (Wildman–Crippen MR) is 62.8 cm³/mol. The summed E-state index contributed by atoms with van der Waals surface area (Å²) in [7, 11) is 0. The van der Waals surface area contributed by atoms with Gasteiger partial charge in [-0.1, -0.05) is 13.3 Å². The van der Waals surface area contributed by atoms with Crippen LogP contribution in [0.4, 0.5) is 4.79 Å². The molecule has 6 heteroatoms. The van der Waals surface area contributed by atoms with Gasteiger partial charge in [0.1, 0.15) is 0 Å². The zero-order valence-corrected chi connectivity index (χ0v) is 10.4. The van der Waals surface area contributed by atoms with E-state index < -0.39 is 6.03 Å². The summed E-state index contributed by atoms with van der Waals surface area (Å²) in [6.07, 6.45) is 1.91. The maximum Gasteiger partial charge on any atom is 0.344 e. The number of hydrogen-bond acceptors (Lipinski definition) is 3. The molecule has 0 unspecified atom stereocenters. The second kappa shape index (κ2) is 6.03. The maximum absolute atomic E-state index is 11.4. The third-order valence-corrected chi connectivity index (χ3v) is 2.23. The van der Waals surface area contributed by atoms with E-state index in [2.05, 4.69) is 15.3 Å². The van der Waals surface area contributed by atoms with Crippen LogP contribution >= 0.6 is 0 Å². The molecule has 0 fully saturated rings. The smallest absolute Gasteiger partial charge is 0.344 e. The first-order chi connectivity index (χ1) is 8.04. The molecule has 0 radical (unpaired) electrons. The molecular weight excluding hydrogens is 220 g/mol. The van der Waals surface area contributed by atoms with E-state index in [0.29, 0.717) is 17.9 Å². The molecule has 94 valence electrons. The van der Waals surface area contributed by atoms with Gasteiger partial charge in [-0.25, -0.2) is 9.78 Å². The lowest BCUT2D eigenvalue weighted by atomic mass is 10.3. The molecule has 2 N–H and O–H groups in total. The fourth-order valence-electron chi connectivity index (χ4n) is 1.33. The lowest BCUT2D eigenvalue weighted by Gasteiger charge is -2.04. The normalized spacial score (nSPS) is 11.6. The molecule has 2 amide bonds. The summed E-state index contributed by atoms with van der Waals surface area (Å²) in [5.74, 6) is 0. The number of rotatable bonds is 3. The number of carbonyl (C=O) groups excluding carboxylic acids is 1. The third kappa shape index (κ3) is 3.90. The quantitative estimate of drug-likeness (QED) is 0.612. The van der Waals surface area contributed by atoms with Crippen LogP contribution in [0.3, 0.4) is 0 Å². The van der Waals surface area contributed by atoms with Gasteiger partial charge in [-0.2, -0.15) is 9.72 Å². The van der Waals surface area contributed by atoms with Gasteiger partial charge < -0.3 is 10.5 Å². The molecule has 0 aliphatic carbocycles. The van der Waals surface area contributed by atoms with E-state index in [1.165, 1.54) is 0 Å². The Labute approximate surface area is 100.0 Å². The van der Waals surface area contributed by atoms with Crippen LogP contribution in [-0.2, 0) is 0 Å². The van der Waals surface area contributed by atoms with Crippen molar-refractivity contribution in [1.29, 1.82) is 0 Å². The second-order valence-corrected chi connectivity index (χ2v) is 3.85. The first-order valence-corrected chi connectivity index (χ1v) is 5.63. The Morgan fingerprint density at radius 3 is 2.94 bits per heavy atom. The SMILES string of the molecule is CCCCNC(=O)/N=c1/nc(C)cc(C)n1O. The zero-order chi connectivity index (χ0) is 12.8. The van der Waals surface area contributed by atoms with Crippen molar-refractivity contribution in [2.45, 2.75) is 33.6 Å². The predicted octanol–water partition coefficient (Wildman–Crippen LogP) is 1.15. The number of amides is 2. The van der Waals surface area contributed by atoms with E-state index in [9.17, 15) is 10.0 Å². The van der Waals surface area contributed by atoms with Crippen molar-refractivity contribution in [3.63, 3.8) is 0 Å². The number of unbranched alkanes of at least 4 members (excludes halogenated alkanes) is 1. The number of aryl methyl sites for hydroxylation is 2. The Bertz CT molecular complexity index is 465. The van der Waals surface area contributed by atoms with Crippen LogP contribution < -0.4 is 10.9 Å². The molecule has 1 aromatic rings. The molecule has 1 rings (SSSR count). The molecule has 1 heterocycles. The maximum atomic E-state index is 11.4. The Morgan fingerprint density at radius 2 is 2.29 bits per heavy atom. The van der Waals surface area contributed by atoms with E-state index in [4.69, 9.17) is 0 Å². The van der Waals surface area contributed by atoms with Crippen molar-refractivity contribution >= 4 is 6.03 Å². The highest BCUT2D eigenvalue weighted by molar-refractivity contribution is 5.74. The molecule has 0 saturated carbocycles. The van der Waals surface area contributed by atoms with Gasteiger partial charge in [0.15, 0.2) is 0 Å². The molecule has 0 atom stereocenters. The fraction of sp³-hybridized carbons (Fsp3) is 0.545. The Morgan fingerprint density at radius 1 is 1.59 bits per heavy atom. The Hall–Kier alpha value is -1.85. The molecule has 0 aromatic carbocycles. The van der Waals surface area contributed by atoms with E-state index in [1.807, 2.05) is 6.92 Å². The first-order valence-electron chi connectivity index (χ1n) is 5.63.